The summed E-state index contributed by atoms with van der Waals surface area (Å²) in [6, 6.07) is 0.0797. The summed E-state index contributed by atoms with van der Waals surface area (Å²) in [5.74, 6) is -0.952. The van der Waals surface area contributed by atoms with Crippen LogP contribution in [0.15, 0.2) is 16.9 Å². The van der Waals surface area contributed by atoms with Crippen molar-refractivity contribution in [2.75, 3.05) is 4.90 Å². The molecule has 1 aromatic heterocycles. The molecule has 0 unspecified atom stereocenters. The number of imide groups is 1. The van der Waals surface area contributed by atoms with E-state index >= 15 is 0 Å². The Balaban J connectivity index is 2.47. The zero-order valence-corrected chi connectivity index (χ0v) is 11.6. The molecule has 18 heavy (non-hydrogen) atoms. The third-order valence-electron chi connectivity index (χ3n) is 2.73. The second-order valence-electron chi connectivity index (χ2n) is 4.24. The molecule has 96 valence electrons. The summed E-state index contributed by atoms with van der Waals surface area (Å²) in [7, 11) is 0. The Kier molecular flexibility index (Phi) is 3.21. The van der Waals surface area contributed by atoms with Gasteiger partial charge in [-0.1, -0.05) is 23.2 Å². The number of halogens is 2. The lowest BCUT2D eigenvalue weighted by Gasteiger charge is -2.13. The van der Waals surface area contributed by atoms with Crippen molar-refractivity contribution < 1.29 is 9.59 Å². The van der Waals surface area contributed by atoms with Gasteiger partial charge in [0.2, 0.25) is 0 Å². The first-order chi connectivity index (χ1) is 8.36. The Labute approximate surface area is 114 Å². The molecule has 2 amide bonds. The van der Waals surface area contributed by atoms with Crippen LogP contribution in [0.5, 0.6) is 0 Å². The fourth-order valence-corrected chi connectivity index (χ4v) is 2.19. The normalized spacial score (nSPS) is 16.4. The van der Waals surface area contributed by atoms with Gasteiger partial charge in [0, 0.05) is 11.6 Å². The molecule has 1 aliphatic heterocycles. The van der Waals surface area contributed by atoms with E-state index < -0.39 is 11.8 Å². The van der Waals surface area contributed by atoms with Crippen molar-refractivity contribution in [3.05, 3.63) is 22.1 Å². The van der Waals surface area contributed by atoms with Gasteiger partial charge in [-0.15, -0.1) is 0 Å². The lowest BCUT2D eigenvalue weighted by atomic mass is 10.3. The zero-order valence-electron chi connectivity index (χ0n) is 10.1. The SMILES string of the molecule is CC1=C(Cl)C(=O)N(c2ncn(C(C)C)c2Cl)C1=O. The van der Waals surface area contributed by atoms with Crippen molar-refractivity contribution in [3.8, 4) is 0 Å². The highest BCUT2D eigenvalue weighted by molar-refractivity contribution is 6.53. The van der Waals surface area contributed by atoms with Gasteiger partial charge in [-0.25, -0.2) is 9.88 Å². The zero-order chi connectivity index (χ0) is 13.6. The molecule has 0 saturated carbocycles. The Morgan fingerprint density at radius 2 is 1.83 bits per heavy atom. The largest absolute Gasteiger partial charge is 0.317 e. The molecule has 0 saturated heterocycles. The molecule has 2 rings (SSSR count). The molecule has 1 aliphatic rings. The van der Waals surface area contributed by atoms with Crippen LogP contribution in [0.4, 0.5) is 5.82 Å². The van der Waals surface area contributed by atoms with E-state index in [4.69, 9.17) is 23.2 Å². The molecule has 0 spiro atoms. The van der Waals surface area contributed by atoms with E-state index in [9.17, 15) is 9.59 Å². The molecular weight excluding hydrogens is 277 g/mol. The lowest BCUT2D eigenvalue weighted by molar-refractivity contribution is -0.120. The second-order valence-corrected chi connectivity index (χ2v) is 4.98. The van der Waals surface area contributed by atoms with E-state index in [-0.39, 0.29) is 27.6 Å². The highest BCUT2D eigenvalue weighted by Crippen LogP contribution is 2.33. The quantitative estimate of drug-likeness (QED) is 0.786. The highest BCUT2D eigenvalue weighted by Gasteiger charge is 2.39. The molecule has 0 radical (unpaired) electrons. The van der Waals surface area contributed by atoms with Gasteiger partial charge in [0.05, 0.1) is 6.33 Å². The number of carbonyl (C=O) groups is 2. The van der Waals surface area contributed by atoms with Crippen LogP contribution >= 0.6 is 23.2 Å². The number of anilines is 1. The molecule has 1 aromatic rings. The second kappa shape index (κ2) is 4.40. The molecule has 0 bridgehead atoms. The highest BCUT2D eigenvalue weighted by atomic mass is 35.5. The molecule has 0 fully saturated rings. The van der Waals surface area contributed by atoms with Crippen LogP contribution in [0.3, 0.4) is 0 Å². The maximum absolute atomic E-state index is 11.9. The number of rotatable bonds is 2. The number of hydrogen-bond acceptors (Lipinski definition) is 3. The van der Waals surface area contributed by atoms with E-state index in [0.29, 0.717) is 0 Å². The minimum atomic E-state index is -0.588. The summed E-state index contributed by atoms with van der Waals surface area (Å²) in [4.78, 5) is 28.7. The first kappa shape index (κ1) is 13.1. The standard InChI is InChI=1S/C11H11Cl2N3O2/c1-5(2)15-4-14-9(8(15)13)16-10(17)6(3)7(12)11(16)18/h4-5H,1-3H3. The van der Waals surface area contributed by atoms with Crippen LogP contribution in [-0.2, 0) is 9.59 Å². The third kappa shape index (κ3) is 1.74. The lowest BCUT2D eigenvalue weighted by Crippen LogP contribution is -2.31. The van der Waals surface area contributed by atoms with Crippen LogP contribution in [0.1, 0.15) is 26.8 Å². The number of amides is 2. The fourth-order valence-electron chi connectivity index (χ4n) is 1.65. The summed E-state index contributed by atoms with van der Waals surface area (Å²) in [5, 5.41) is 0.154. The number of hydrogen-bond donors (Lipinski definition) is 0. The fraction of sp³-hybridized carbons (Fsp3) is 0.364. The van der Waals surface area contributed by atoms with Crippen LogP contribution in [-0.4, -0.2) is 21.4 Å². The van der Waals surface area contributed by atoms with Crippen LogP contribution in [0.25, 0.3) is 0 Å². The average Bonchev–Trinajstić information content (AvgIpc) is 2.76. The van der Waals surface area contributed by atoms with E-state index in [1.165, 1.54) is 13.3 Å². The van der Waals surface area contributed by atoms with Gasteiger partial charge in [-0.05, 0) is 20.8 Å². The van der Waals surface area contributed by atoms with Crippen molar-refractivity contribution in [1.29, 1.82) is 0 Å². The molecule has 5 nitrogen and oxygen atoms in total. The monoisotopic (exact) mass is 287 g/mol. The molecule has 7 heteroatoms. The van der Waals surface area contributed by atoms with E-state index in [1.54, 1.807) is 4.57 Å². The van der Waals surface area contributed by atoms with Crippen molar-refractivity contribution >= 4 is 40.8 Å². The topological polar surface area (TPSA) is 55.2 Å². The third-order valence-corrected chi connectivity index (χ3v) is 3.54. The van der Waals surface area contributed by atoms with Crippen LogP contribution in [0, 0.1) is 0 Å². The van der Waals surface area contributed by atoms with Gasteiger partial charge in [-0.2, -0.15) is 0 Å². The minimum absolute atomic E-state index is 0.0797. The molecule has 0 N–H and O–H groups in total. The number of imidazole rings is 1. The Morgan fingerprint density at radius 3 is 2.22 bits per heavy atom. The van der Waals surface area contributed by atoms with Crippen molar-refractivity contribution in [1.82, 2.24) is 9.55 Å². The Hall–Kier alpha value is -1.33. The summed E-state index contributed by atoms with van der Waals surface area (Å²) in [6.45, 7) is 5.33. The van der Waals surface area contributed by atoms with Gasteiger partial charge in [0.25, 0.3) is 11.8 Å². The van der Waals surface area contributed by atoms with Gasteiger partial charge >= 0.3 is 0 Å². The van der Waals surface area contributed by atoms with Gasteiger partial charge in [0.15, 0.2) is 11.0 Å². The molecular formula is C11H11Cl2N3O2. The summed E-state index contributed by atoms with van der Waals surface area (Å²) in [6.07, 6.45) is 1.49. The average molecular weight is 288 g/mol. The molecule has 0 aliphatic carbocycles. The number of nitrogens with zero attached hydrogens (tertiary/aromatic N) is 3. The summed E-state index contributed by atoms with van der Waals surface area (Å²) >= 11 is 11.9. The summed E-state index contributed by atoms with van der Waals surface area (Å²) in [5.41, 5.74) is 0.205. The van der Waals surface area contributed by atoms with Gasteiger partial charge in [-0.3, -0.25) is 9.59 Å². The minimum Gasteiger partial charge on any atom is -0.317 e. The summed E-state index contributed by atoms with van der Waals surface area (Å²) < 4.78 is 1.67. The first-order valence-corrected chi connectivity index (χ1v) is 6.09. The maximum Gasteiger partial charge on any atom is 0.278 e. The number of aromatic nitrogens is 2. The predicted octanol–water partition coefficient (Wildman–Crippen LogP) is 2.50. The van der Waals surface area contributed by atoms with E-state index in [0.717, 1.165) is 4.90 Å². The predicted molar refractivity (Wildman–Crippen MR) is 68.7 cm³/mol. The molecule has 0 aromatic carbocycles. The van der Waals surface area contributed by atoms with Gasteiger partial charge < -0.3 is 4.57 Å². The molecule has 2 heterocycles. The first-order valence-electron chi connectivity index (χ1n) is 5.33. The maximum atomic E-state index is 11.9. The Morgan fingerprint density at radius 1 is 1.22 bits per heavy atom. The van der Waals surface area contributed by atoms with Crippen LogP contribution < -0.4 is 4.90 Å². The number of carbonyl (C=O) groups excluding carboxylic acids is 2. The van der Waals surface area contributed by atoms with E-state index in [2.05, 4.69) is 4.98 Å². The van der Waals surface area contributed by atoms with Gasteiger partial charge in [0.1, 0.15) is 5.03 Å². The molecule has 0 atom stereocenters. The smallest absolute Gasteiger partial charge is 0.278 e. The van der Waals surface area contributed by atoms with Crippen molar-refractivity contribution in [3.63, 3.8) is 0 Å². The van der Waals surface area contributed by atoms with Crippen molar-refractivity contribution in [2.24, 2.45) is 0 Å². The van der Waals surface area contributed by atoms with Crippen molar-refractivity contribution in [2.45, 2.75) is 26.8 Å². The van der Waals surface area contributed by atoms with Crippen LogP contribution in [0.2, 0.25) is 5.15 Å². The Bertz CT molecular complexity index is 551. The van der Waals surface area contributed by atoms with E-state index in [1.807, 2.05) is 13.8 Å².